The van der Waals surface area contributed by atoms with Crippen molar-refractivity contribution in [1.82, 2.24) is 0 Å². The van der Waals surface area contributed by atoms with Gasteiger partial charge < -0.3 is 15.4 Å². The summed E-state index contributed by atoms with van der Waals surface area (Å²) in [4.78, 5) is 12.2. The second-order valence-electron chi connectivity index (χ2n) is 6.21. The molecule has 0 aliphatic rings. The van der Waals surface area contributed by atoms with Crippen LogP contribution in [0.3, 0.4) is 0 Å². The Morgan fingerprint density at radius 2 is 1.79 bits per heavy atom. The van der Waals surface area contributed by atoms with Gasteiger partial charge in [0.05, 0.1) is 11.3 Å². The minimum absolute atomic E-state index is 0.0926. The number of rotatable bonds is 6. The van der Waals surface area contributed by atoms with Crippen molar-refractivity contribution >= 4 is 17.3 Å². The van der Waals surface area contributed by atoms with Crippen molar-refractivity contribution < 1.29 is 18.3 Å². The number of ether oxygens (including phenoxy) is 1. The molecule has 7 heteroatoms. The maximum Gasteiger partial charge on any atom is 0.246 e. The molecule has 1 atom stereocenters. The molecule has 1 amide bonds. The SMILES string of the molecule is CC(Nc1ccc(Oc2ccccc2C#N)cc1)C(=O)Nc1ccc(F)cc1F. The third kappa shape index (κ3) is 5.08. The fraction of sp³-hybridized carbons (Fsp3) is 0.0909. The number of nitrogens with zero attached hydrogens (tertiary/aromatic N) is 1. The summed E-state index contributed by atoms with van der Waals surface area (Å²) >= 11 is 0. The molecule has 0 heterocycles. The summed E-state index contributed by atoms with van der Waals surface area (Å²) in [5, 5.41) is 14.5. The molecule has 146 valence electrons. The zero-order valence-electron chi connectivity index (χ0n) is 15.4. The maximum atomic E-state index is 13.7. The van der Waals surface area contributed by atoms with Crippen LogP contribution >= 0.6 is 0 Å². The molecule has 0 spiro atoms. The monoisotopic (exact) mass is 393 g/mol. The number of carbonyl (C=O) groups is 1. The first-order valence-corrected chi connectivity index (χ1v) is 8.76. The normalized spacial score (nSPS) is 11.2. The molecule has 2 N–H and O–H groups in total. The van der Waals surface area contributed by atoms with Crippen molar-refractivity contribution in [2.24, 2.45) is 0 Å². The van der Waals surface area contributed by atoms with E-state index in [-0.39, 0.29) is 5.69 Å². The number of halogens is 2. The van der Waals surface area contributed by atoms with Gasteiger partial charge in [-0.25, -0.2) is 8.78 Å². The van der Waals surface area contributed by atoms with Crippen LogP contribution in [0.1, 0.15) is 12.5 Å². The van der Waals surface area contributed by atoms with Crippen LogP contribution in [0.15, 0.2) is 66.7 Å². The average molecular weight is 393 g/mol. The zero-order valence-corrected chi connectivity index (χ0v) is 15.4. The Labute approximate surface area is 166 Å². The first-order chi connectivity index (χ1) is 14.0. The van der Waals surface area contributed by atoms with E-state index in [4.69, 9.17) is 10.00 Å². The fourth-order valence-electron chi connectivity index (χ4n) is 2.54. The molecular weight excluding hydrogens is 376 g/mol. The first-order valence-electron chi connectivity index (χ1n) is 8.76. The number of benzene rings is 3. The highest BCUT2D eigenvalue weighted by Gasteiger charge is 2.15. The second-order valence-corrected chi connectivity index (χ2v) is 6.21. The smallest absolute Gasteiger partial charge is 0.246 e. The van der Waals surface area contributed by atoms with E-state index in [0.717, 1.165) is 6.07 Å². The van der Waals surface area contributed by atoms with Crippen LogP contribution in [0, 0.1) is 23.0 Å². The quantitative estimate of drug-likeness (QED) is 0.613. The third-order valence-corrected chi connectivity index (χ3v) is 4.06. The summed E-state index contributed by atoms with van der Waals surface area (Å²) in [6.45, 7) is 1.62. The molecule has 1 unspecified atom stereocenters. The van der Waals surface area contributed by atoms with Gasteiger partial charge >= 0.3 is 0 Å². The van der Waals surface area contributed by atoms with Crippen LogP contribution in [0.2, 0.25) is 0 Å². The number of amides is 1. The Bertz CT molecular complexity index is 1060. The van der Waals surface area contributed by atoms with E-state index in [0.29, 0.717) is 28.8 Å². The lowest BCUT2D eigenvalue weighted by Crippen LogP contribution is -2.32. The van der Waals surface area contributed by atoms with Crippen molar-refractivity contribution in [3.05, 3.63) is 83.9 Å². The van der Waals surface area contributed by atoms with Crippen molar-refractivity contribution in [1.29, 1.82) is 5.26 Å². The van der Waals surface area contributed by atoms with Gasteiger partial charge in [0.2, 0.25) is 5.91 Å². The standard InChI is InChI=1S/C22H17F2N3O2/c1-14(22(28)27-20-11-6-16(23)12-19(20)24)26-17-7-9-18(10-8-17)29-21-5-3-2-4-15(21)13-25/h2-12,14,26H,1H3,(H,27,28). The van der Waals surface area contributed by atoms with Gasteiger partial charge in [-0.3, -0.25) is 4.79 Å². The number of hydrogen-bond donors (Lipinski definition) is 2. The summed E-state index contributed by atoms with van der Waals surface area (Å²) in [7, 11) is 0. The zero-order chi connectivity index (χ0) is 20.8. The van der Waals surface area contributed by atoms with Crippen LogP contribution in [-0.2, 0) is 4.79 Å². The molecule has 0 bridgehead atoms. The van der Waals surface area contributed by atoms with Crippen molar-refractivity contribution in [2.75, 3.05) is 10.6 Å². The van der Waals surface area contributed by atoms with Gasteiger partial charge in [0.25, 0.3) is 0 Å². The van der Waals surface area contributed by atoms with Crippen LogP contribution in [0.4, 0.5) is 20.2 Å². The highest BCUT2D eigenvalue weighted by Crippen LogP contribution is 2.26. The average Bonchev–Trinajstić information content (AvgIpc) is 2.72. The Morgan fingerprint density at radius 1 is 1.07 bits per heavy atom. The third-order valence-electron chi connectivity index (χ3n) is 4.06. The molecule has 0 radical (unpaired) electrons. The maximum absolute atomic E-state index is 13.7. The summed E-state index contributed by atoms with van der Waals surface area (Å²) in [6, 6.07) is 18.0. The van der Waals surface area contributed by atoms with E-state index in [1.807, 2.05) is 0 Å². The largest absolute Gasteiger partial charge is 0.456 e. The van der Waals surface area contributed by atoms with Gasteiger partial charge in [0.15, 0.2) is 0 Å². The molecule has 0 aliphatic heterocycles. The lowest BCUT2D eigenvalue weighted by atomic mass is 10.2. The Morgan fingerprint density at radius 3 is 2.48 bits per heavy atom. The molecule has 3 aromatic carbocycles. The number of para-hydroxylation sites is 1. The molecule has 29 heavy (non-hydrogen) atoms. The minimum Gasteiger partial charge on any atom is -0.456 e. The molecule has 0 saturated heterocycles. The molecule has 3 aromatic rings. The fourth-order valence-corrected chi connectivity index (χ4v) is 2.54. The Hall–Kier alpha value is -3.92. The Balaban J connectivity index is 1.61. The van der Waals surface area contributed by atoms with Crippen LogP contribution < -0.4 is 15.4 Å². The highest BCUT2D eigenvalue weighted by molar-refractivity contribution is 5.96. The molecular formula is C22H17F2N3O2. The van der Waals surface area contributed by atoms with Crippen molar-refractivity contribution in [3.63, 3.8) is 0 Å². The van der Waals surface area contributed by atoms with Crippen molar-refractivity contribution in [2.45, 2.75) is 13.0 Å². The summed E-state index contributed by atoms with van der Waals surface area (Å²) in [6.07, 6.45) is 0. The molecule has 3 rings (SSSR count). The number of nitriles is 1. The first kappa shape index (κ1) is 19.8. The summed E-state index contributed by atoms with van der Waals surface area (Å²) < 4.78 is 32.3. The molecule has 0 aliphatic carbocycles. The van der Waals surface area contributed by atoms with Crippen LogP contribution in [0.25, 0.3) is 0 Å². The second kappa shape index (κ2) is 8.85. The molecule has 0 aromatic heterocycles. The van der Waals surface area contributed by atoms with Crippen LogP contribution in [0.5, 0.6) is 11.5 Å². The summed E-state index contributed by atoms with van der Waals surface area (Å²) in [5.41, 5.74) is 0.978. The van der Waals surface area contributed by atoms with E-state index in [2.05, 4.69) is 16.7 Å². The molecule has 0 fully saturated rings. The lowest BCUT2D eigenvalue weighted by Gasteiger charge is -2.16. The number of anilines is 2. The van der Waals surface area contributed by atoms with E-state index in [9.17, 15) is 13.6 Å². The summed E-state index contributed by atoms with van der Waals surface area (Å²) in [5.74, 6) is -1.05. The van der Waals surface area contributed by atoms with Crippen LogP contribution in [-0.4, -0.2) is 11.9 Å². The van der Waals surface area contributed by atoms with Gasteiger partial charge in [-0.05, 0) is 55.5 Å². The lowest BCUT2D eigenvalue weighted by molar-refractivity contribution is -0.116. The molecule has 5 nitrogen and oxygen atoms in total. The number of nitrogens with one attached hydrogen (secondary N) is 2. The van der Waals surface area contributed by atoms with Gasteiger partial charge in [-0.1, -0.05) is 12.1 Å². The minimum atomic E-state index is -0.843. The predicted octanol–water partition coefficient (Wildman–Crippen LogP) is 5.07. The van der Waals surface area contributed by atoms with Crippen molar-refractivity contribution in [3.8, 4) is 17.6 Å². The van der Waals surface area contributed by atoms with Gasteiger partial charge in [-0.15, -0.1) is 0 Å². The molecule has 0 saturated carbocycles. The van der Waals surface area contributed by atoms with Gasteiger partial charge in [0.1, 0.15) is 35.2 Å². The van der Waals surface area contributed by atoms with Gasteiger partial charge in [-0.2, -0.15) is 5.26 Å². The predicted molar refractivity (Wildman–Crippen MR) is 106 cm³/mol. The van der Waals surface area contributed by atoms with Gasteiger partial charge in [0, 0.05) is 11.8 Å². The van der Waals surface area contributed by atoms with E-state index in [1.54, 1.807) is 55.5 Å². The van der Waals surface area contributed by atoms with E-state index in [1.165, 1.54) is 6.07 Å². The topological polar surface area (TPSA) is 74.1 Å². The Kier molecular flexibility index (Phi) is 6.05. The number of hydrogen-bond acceptors (Lipinski definition) is 4. The number of carbonyl (C=O) groups excluding carboxylic acids is 1. The van der Waals surface area contributed by atoms with E-state index >= 15 is 0 Å². The highest BCUT2D eigenvalue weighted by atomic mass is 19.1. The van der Waals surface area contributed by atoms with E-state index < -0.39 is 23.6 Å².